The molecule has 2 aromatic rings. The van der Waals surface area contributed by atoms with Crippen molar-refractivity contribution >= 4 is 11.6 Å². The number of methoxy groups -OCH3 is 1. The van der Waals surface area contributed by atoms with Gasteiger partial charge < -0.3 is 14.5 Å². The number of amides is 1. The quantitative estimate of drug-likeness (QED) is 0.783. The third kappa shape index (κ3) is 4.77. The number of rotatable bonds is 6. The number of carbonyl (C=O) groups is 1. The average molecular weight is 368 g/mol. The summed E-state index contributed by atoms with van der Waals surface area (Å²) in [5.41, 5.74) is 2.20. The molecule has 1 atom stereocenters. The minimum Gasteiger partial charge on any atom is -0.495 e. The lowest BCUT2D eigenvalue weighted by Gasteiger charge is -2.41. The Morgan fingerprint density at radius 3 is 2.78 bits per heavy atom. The van der Waals surface area contributed by atoms with E-state index in [1.54, 1.807) is 13.3 Å². The molecule has 6 heteroatoms. The van der Waals surface area contributed by atoms with Gasteiger partial charge >= 0.3 is 0 Å². The van der Waals surface area contributed by atoms with Crippen LogP contribution in [-0.2, 0) is 11.3 Å². The largest absolute Gasteiger partial charge is 0.495 e. The number of ether oxygens (including phenoxy) is 1. The third-order valence-corrected chi connectivity index (χ3v) is 4.95. The van der Waals surface area contributed by atoms with E-state index in [0.717, 1.165) is 43.2 Å². The Bertz CT molecular complexity index is 753. The molecule has 0 unspecified atom stereocenters. The zero-order chi connectivity index (χ0) is 19.2. The van der Waals surface area contributed by atoms with E-state index in [2.05, 4.69) is 22.9 Å². The molecule has 27 heavy (non-hydrogen) atoms. The molecule has 2 heterocycles. The summed E-state index contributed by atoms with van der Waals surface area (Å²) in [5.74, 6) is 1.05. The van der Waals surface area contributed by atoms with Gasteiger partial charge in [-0.25, -0.2) is 0 Å². The molecule has 6 nitrogen and oxygen atoms in total. The fourth-order valence-electron chi connectivity index (χ4n) is 3.62. The van der Waals surface area contributed by atoms with Crippen molar-refractivity contribution in [3.63, 3.8) is 0 Å². The molecule has 0 aliphatic carbocycles. The molecule has 1 aromatic carbocycles. The lowest BCUT2D eigenvalue weighted by atomic mass is 10.1. The van der Waals surface area contributed by atoms with Crippen LogP contribution >= 0.6 is 0 Å². The van der Waals surface area contributed by atoms with Crippen LogP contribution < -0.4 is 9.64 Å². The molecule has 1 amide bonds. The number of likely N-dealkylation sites (N-methyl/N-ethyl adjacent to an activating group) is 1. The predicted molar refractivity (Wildman–Crippen MR) is 107 cm³/mol. The van der Waals surface area contributed by atoms with Gasteiger partial charge in [0.2, 0.25) is 5.91 Å². The zero-order valence-corrected chi connectivity index (χ0v) is 16.3. The van der Waals surface area contributed by atoms with Crippen LogP contribution in [0.5, 0.6) is 5.75 Å². The number of para-hydroxylation sites is 2. The number of benzene rings is 1. The molecule has 0 saturated carbocycles. The molecular weight excluding hydrogens is 340 g/mol. The van der Waals surface area contributed by atoms with Gasteiger partial charge in [0.15, 0.2) is 0 Å². The van der Waals surface area contributed by atoms with Crippen molar-refractivity contribution < 1.29 is 9.53 Å². The minimum absolute atomic E-state index is 0.156. The van der Waals surface area contributed by atoms with Crippen LogP contribution in [0.4, 0.5) is 5.69 Å². The second kappa shape index (κ2) is 8.86. The molecule has 3 rings (SSSR count). The molecule has 1 aromatic heterocycles. The van der Waals surface area contributed by atoms with Gasteiger partial charge in [-0.3, -0.25) is 14.7 Å². The highest BCUT2D eigenvalue weighted by Crippen LogP contribution is 2.29. The van der Waals surface area contributed by atoms with Gasteiger partial charge in [0.05, 0.1) is 19.3 Å². The molecule has 0 spiro atoms. The van der Waals surface area contributed by atoms with Crippen LogP contribution in [0.3, 0.4) is 0 Å². The van der Waals surface area contributed by atoms with Crippen molar-refractivity contribution in [3.8, 4) is 5.75 Å². The fourth-order valence-corrected chi connectivity index (χ4v) is 3.62. The van der Waals surface area contributed by atoms with E-state index >= 15 is 0 Å². The highest BCUT2D eigenvalue weighted by Gasteiger charge is 2.28. The van der Waals surface area contributed by atoms with Crippen LogP contribution in [0, 0.1) is 0 Å². The molecule has 1 fully saturated rings. The standard InChI is InChI=1S/C21H28N4O2/c1-17-14-24(19-8-4-5-9-20(19)27-3)11-12-25(17)21(26)16-23(2)15-18-7-6-10-22-13-18/h4-10,13,17H,11-12,14-16H2,1-3H3/t17-/m1/s1. The molecule has 0 radical (unpaired) electrons. The molecular formula is C21H28N4O2. The second-order valence-corrected chi connectivity index (χ2v) is 7.09. The fraction of sp³-hybridized carbons (Fsp3) is 0.429. The van der Waals surface area contributed by atoms with Crippen LogP contribution in [0.25, 0.3) is 0 Å². The molecule has 144 valence electrons. The normalized spacial score (nSPS) is 17.3. The second-order valence-electron chi connectivity index (χ2n) is 7.09. The molecule has 1 saturated heterocycles. The highest BCUT2D eigenvalue weighted by atomic mass is 16.5. The molecule has 0 N–H and O–H groups in total. The molecule has 1 aliphatic heterocycles. The zero-order valence-electron chi connectivity index (χ0n) is 16.3. The summed E-state index contributed by atoms with van der Waals surface area (Å²) in [6, 6.07) is 12.2. The molecule has 0 bridgehead atoms. The van der Waals surface area contributed by atoms with Gasteiger partial charge in [-0.1, -0.05) is 18.2 Å². The first kappa shape index (κ1) is 19.2. The Balaban J connectivity index is 1.56. The van der Waals surface area contributed by atoms with Gasteiger partial charge in [-0.2, -0.15) is 0 Å². The summed E-state index contributed by atoms with van der Waals surface area (Å²) >= 11 is 0. The van der Waals surface area contributed by atoms with E-state index < -0.39 is 0 Å². The van der Waals surface area contributed by atoms with Crippen molar-refractivity contribution in [1.82, 2.24) is 14.8 Å². The predicted octanol–water partition coefficient (Wildman–Crippen LogP) is 2.26. The minimum atomic E-state index is 0.156. The van der Waals surface area contributed by atoms with Crippen molar-refractivity contribution in [2.45, 2.75) is 19.5 Å². The maximum Gasteiger partial charge on any atom is 0.237 e. The Morgan fingerprint density at radius 1 is 1.26 bits per heavy atom. The topological polar surface area (TPSA) is 48.9 Å². The van der Waals surface area contributed by atoms with E-state index in [0.29, 0.717) is 6.54 Å². The van der Waals surface area contributed by atoms with Crippen molar-refractivity contribution in [2.75, 3.05) is 45.2 Å². The maximum atomic E-state index is 12.8. The van der Waals surface area contributed by atoms with Crippen LogP contribution in [0.2, 0.25) is 0 Å². The maximum absolute atomic E-state index is 12.8. The summed E-state index contributed by atoms with van der Waals surface area (Å²) in [5, 5.41) is 0. The Morgan fingerprint density at radius 2 is 2.07 bits per heavy atom. The number of hydrogen-bond donors (Lipinski definition) is 0. The van der Waals surface area contributed by atoms with Crippen LogP contribution in [0.15, 0.2) is 48.8 Å². The van der Waals surface area contributed by atoms with E-state index in [-0.39, 0.29) is 11.9 Å². The number of pyridine rings is 1. The summed E-state index contributed by atoms with van der Waals surface area (Å²) in [6.07, 6.45) is 3.60. The lowest BCUT2D eigenvalue weighted by molar-refractivity contribution is -0.134. The number of nitrogens with zero attached hydrogens (tertiary/aromatic N) is 4. The number of piperazine rings is 1. The first-order valence-electron chi connectivity index (χ1n) is 9.33. The Labute approximate surface area is 161 Å². The van der Waals surface area contributed by atoms with Gasteiger partial charge in [-0.15, -0.1) is 0 Å². The monoisotopic (exact) mass is 368 g/mol. The van der Waals surface area contributed by atoms with E-state index in [1.165, 1.54) is 0 Å². The van der Waals surface area contributed by atoms with Gasteiger partial charge in [0.25, 0.3) is 0 Å². The first-order valence-corrected chi connectivity index (χ1v) is 9.33. The van der Waals surface area contributed by atoms with E-state index in [4.69, 9.17) is 4.74 Å². The Hall–Kier alpha value is -2.60. The summed E-state index contributed by atoms with van der Waals surface area (Å²) in [6.45, 7) is 5.57. The van der Waals surface area contributed by atoms with E-state index in [9.17, 15) is 4.79 Å². The summed E-state index contributed by atoms with van der Waals surface area (Å²) < 4.78 is 5.48. The summed E-state index contributed by atoms with van der Waals surface area (Å²) in [4.78, 5) is 23.3. The average Bonchev–Trinajstić information content (AvgIpc) is 2.68. The number of anilines is 1. The summed E-state index contributed by atoms with van der Waals surface area (Å²) in [7, 11) is 3.67. The SMILES string of the molecule is COc1ccccc1N1CCN(C(=O)CN(C)Cc2cccnc2)[C@H](C)C1. The van der Waals surface area contributed by atoms with Crippen LogP contribution in [0.1, 0.15) is 12.5 Å². The third-order valence-electron chi connectivity index (χ3n) is 4.95. The smallest absolute Gasteiger partial charge is 0.237 e. The van der Waals surface area contributed by atoms with Crippen molar-refractivity contribution in [1.29, 1.82) is 0 Å². The molecule has 1 aliphatic rings. The van der Waals surface area contributed by atoms with Gasteiger partial charge in [0, 0.05) is 44.6 Å². The highest BCUT2D eigenvalue weighted by molar-refractivity contribution is 5.79. The number of carbonyl (C=O) groups excluding carboxylic acids is 1. The van der Waals surface area contributed by atoms with E-state index in [1.807, 2.05) is 53.4 Å². The van der Waals surface area contributed by atoms with Crippen LogP contribution in [-0.4, -0.2) is 67.1 Å². The Kier molecular flexibility index (Phi) is 6.29. The van der Waals surface area contributed by atoms with Gasteiger partial charge in [0.1, 0.15) is 5.75 Å². The number of aromatic nitrogens is 1. The van der Waals surface area contributed by atoms with Gasteiger partial charge in [-0.05, 0) is 37.7 Å². The first-order chi connectivity index (χ1) is 13.1. The van der Waals surface area contributed by atoms with Crippen molar-refractivity contribution in [2.24, 2.45) is 0 Å². The lowest BCUT2D eigenvalue weighted by Crippen LogP contribution is -2.55. The van der Waals surface area contributed by atoms with Crippen molar-refractivity contribution in [3.05, 3.63) is 54.4 Å². The number of hydrogen-bond acceptors (Lipinski definition) is 5.